The number of carbonyl (C=O) groups excluding carboxylic acids is 3. The molecule has 1 amide bonds. The van der Waals surface area contributed by atoms with Crippen molar-refractivity contribution in [3.05, 3.63) is 5.82 Å². The van der Waals surface area contributed by atoms with Crippen LogP contribution in [-0.4, -0.2) is 69.8 Å². The highest BCUT2D eigenvalue weighted by Crippen LogP contribution is 2.40. The van der Waals surface area contributed by atoms with Gasteiger partial charge in [-0.1, -0.05) is 11.6 Å². The highest BCUT2D eigenvalue weighted by atomic mass is 16.5. The Bertz CT molecular complexity index is 840. The van der Waals surface area contributed by atoms with Crippen LogP contribution in [0.2, 0.25) is 0 Å². The molecule has 0 bridgehead atoms. The van der Waals surface area contributed by atoms with E-state index >= 15 is 0 Å². The van der Waals surface area contributed by atoms with E-state index in [2.05, 4.69) is 31.3 Å². The lowest BCUT2D eigenvalue weighted by Crippen LogP contribution is -2.50. The van der Waals surface area contributed by atoms with Gasteiger partial charge in [0.15, 0.2) is 5.82 Å². The molecule has 0 radical (unpaired) electrons. The lowest BCUT2D eigenvalue weighted by Gasteiger charge is -2.42. The molecule has 33 heavy (non-hydrogen) atoms. The van der Waals surface area contributed by atoms with E-state index in [4.69, 9.17) is 10.8 Å². The third-order valence-electron chi connectivity index (χ3n) is 6.50. The molecule has 0 aromatic carbocycles. The number of nitrogens with one attached hydrogen (secondary N) is 3. The van der Waals surface area contributed by atoms with E-state index in [9.17, 15) is 14.4 Å². The molecule has 2 aliphatic rings. The SMILES string of the molecule is [2H][C@@]1(C(=O)O[C@H](C)CC(=O)N[C@@H](C)C(=O)OCC)C[C@H]2C[C@@H](CCc3nn[nH]n3)CC[C@H]2CN1. The Morgan fingerprint density at radius 1 is 1.24 bits per heavy atom. The number of hydrogen-bond donors (Lipinski definition) is 3. The lowest BCUT2D eigenvalue weighted by molar-refractivity contribution is -0.154. The quantitative estimate of drug-likeness (QED) is 0.429. The minimum Gasteiger partial charge on any atom is -0.464 e. The van der Waals surface area contributed by atoms with Crippen molar-refractivity contribution in [3.63, 3.8) is 0 Å². The standard InChI is InChI=1S/C22H36N6O5/c1-4-32-21(30)14(3)24-20(29)9-13(2)33-22(31)18-11-17-10-15(5-7-16(17)12-23-18)6-8-19-25-27-28-26-19/h13-18,23H,4-12H2,1-3H3,(H,24,29)(H,25,26,27,28)/t13-,14+,15-,16+,17-,18+/m1/s1/i18D. The average Bonchev–Trinajstić information content (AvgIpc) is 3.31. The van der Waals surface area contributed by atoms with Crippen molar-refractivity contribution >= 4 is 17.8 Å². The van der Waals surface area contributed by atoms with Gasteiger partial charge in [0, 0.05) is 6.42 Å². The van der Waals surface area contributed by atoms with Gasteiger partial charge in [0.1, 0.15) is 18.2 Å². The third-order valence-corrected chi connectivity index (χ3v) is 6.50. The lowest BCUT2D eigenvalue weighted by atomic mass is 9.69. The van der Waals surface area contributed by atoms with Gasteiger partial charge in [0.2, 0.25) is 5.91 Å². The first-order valence-corrected chi connectivity index (χ1v) is 11.8. The molecule has 1 saturated carbocycles. The molecule has 1 aliphatic carbocycles. The number of esters is 2. The molecule has 2 fully saturated rings. The van der Waals surface area contributed by atoms with Crippen LogP contribution in [0.25, 0.3) is 0 Å². The molecule has 3 rings (SSSR count). The molecule has 6 atom stereocenters. The van der Waals surface area contributed by atoms with Crippen molar-refractivity contribution in [1.29, 1.82) is 0 Å². The summed E-state index contributed by atoms with van der Waals surface area (Å²) in [6.45, 7) is 5.67. The number of carbonyl (C=O) groups is 3. The van der Waals surface area contributed by atoms with Gasteiger partial charge in [0.05, 0.1) is 14.4 Å². The Morgan fingerprint density at radius 2 is 2.06 bits per heavy atom. The van der Waals surface area contributed by atoms with Gasteiger partial charge in [-0.15, -0.1) is 10.2 Å². The molecule has 11 nitrogen and oxygen atoms in total. The molecule has 3 N–H and O–H groups in total. The molecule has 0 spiro atoms. The highest BCUT2D eigenvalue weighted by Gasteiger charge is 2.38. The monoisotopic (exact) mass is 465 g/mol. The summed E-state index contributed by atoms with van der Waals surface area (Å²) >= 11 is 0. The van der Waals surface area contributed by atoms with Crippen LogP contribution in [-0.2, 0) is 30.3 Å². The molecule has 184 valence electrons. The largest absolute Gasteiger partial charge is 0.464 e. The summed E-state index contributed by atoms with van der Waals surface area (Å²) in [6.07, 6.45) is 4.42. The first kappa shape index (κ1) is 23.6. The number of aryl methyl sites for hydroxylation is 1. The van der Waals surface area contributed by atoms with Crippen LogP contribution in [0, 0.1) is 17.8 Å². The number of H-pyrrole nitrogens is 1. The zero-order chi connectivity index (χ0) is 24.7. The van der Waals surface area contributed by atoms with E-state index in [0.717, 1.165) is 32.1 Å². The van der Waals surface area contributed by atoms with Gasteiger partial charge in [-0.2, -0.15) is 5.21 Å². The number of rotatable bonds is 10. The smallest absolute Gasteiger partial charge is 0.328 e. The maximum atomic E-state index is 12.9. The zero-order valence-corrected chi connectivity index (χ0v) is 19.6. The molecule has 0 unspecified atom stereocenters. The second-order valence-electron chi connectivity index (χ2n) is 9.09. The van der Waals surface area contributed by atoms with Crippen LogP contribution in [0.15, 0.2) is 0 Å². The first-order chi connectivity index (χ1) is 16.2. The van der Waals surface area contributed by atoms with Gasteiger partial charge in [-0.25, -0.2) is 4.79 Å². The Labute approximate surface area is 195 Å². The number of ether oxygens (including phenoxy) is 2. The molecule has 1 aromatic heterocycles. The van der Waals surface area contributed by atoms with Crippen LogP contribution in [0.4, 0.5) is 0 Å². The number of fused-ring (bicyclic) bond motifs is 1. The van der Waals surface area contributed by atoms with E-state index in [1.165, 1.54) is 6.92 Å². The van der Waals surface area contributed by atoms with Gasteiger partial charge in [-0.3, -0.25) is 9.59 Å². The topological polar surface area (TPSA) is 148 Å². The van der Waals surface area contributed by atoms with E-state index < -0.39 is 36.0 Å². The Hall–Kier alpha value is -2.56. The summed E-state index contributed by atoms with van der Waals surface area (Å²) < 4.78 is 19.1. The molecule has 1 aromatic rings. The van der Waals surface area contributed by atoms with Gasteiger partial charge in [-0.05, 0) is 70.8 Å². The van der Waals surface area contributed by atoms with Crippen LogP contribution in [0.1, 0.15) is 66.5 Å². The summed E-state index contributed by atoms with van der Waals surface area (Å²) in [7, 11) is 0. The number of piperidine rings is 1. The van der Waals surface area contributed by atoms with E-state index in [1.807, 2.05) is 0 Å². The highest BCUT2D eigenvalue weighted by molar-refractivity contribution is 5.84. The average molecular weight is 466 g/mol. The summed E-state index contributed by atoms with van der Waals surface area (Å²) in [5.41, 5.74) is 0. The Kier molecular flexibility index (Phi) is 8.62. The second kappa shape index (κ2) is 12.1. The molecular formula is C22H36N6O5. The van der Waals surface area contributed by atoms with Gasteiger partial charge >= 0.3 is 11.9 Å². The summed E-state index contributed by atoms with van der Waals surface area (Å²) in [5.74, 6) is 0.309. The van der Waals surface area contributed by atoms with Crippen molar-refractivity contribution in [1.82, 2.24) is 31.3 Å². The predicted molar refractivity (Wildman–Crippen MR) is 118 cm³/mol. The number of aromatic amines is 1. The Balaban J connectivity index is 1.46. The number of hydrogen-bond acceptors (Lipinski definition) is 9. The molecule has 11 heteroatoms. The fraction of sp³-hybridized carbons (Fsp3) is 0.818. The minimum absolute atomic E-state index is 0.101. The molecule has 2 heterocycles. The van der Waals surface area contributed by atoms with Crippen LogP contribution < -0.4 is 10.6 Å². The van der Waals surface area contributed by atoms with E-state index in [-0.39, 0.29) is 18.9 Å². The number of aromatic nitrogens is 4. The molecule has 1 saturated heterocycles. The van der Waals surface area contributed by atoms with E-state index in [0.29, 0.717) is 30.6 Å². The van der Waals surface area contributed by atoms with Crippen molar-refractivity contribution in [2.24, 2.45) is 17.8 Å². The fourth-order valence-corrected chi connectivity index (χ4v) is 4.75. The van der Waals surface area contributed by atoms with Crippen LogP contribution in [0.3, 0.4) is 0 Å². The number of amides is 1. The second-order valence-corrected chi connectivity index (χ2v) is 9.09. The van der Waals surface area contributed by atoms with Crippen molar-refractivity contribution in [2.75, 3.05) is 13.2 Å². The summed E-state index contributed by atoms with van der Waals surface area (Å²) in [4.78, 5) is 36.7. The number of nitrogens with zero attached hydrogens (tertiary/aromatic N) is 3. The van der Waals surface area contributed by atoms with Crippen LogP contribution >= 0.6 is 0 Å². The van der Waals surface area contributed by atoms with Gasteiger partial charge < -0.3 is 20.1 Å². The van der Waals surface area contributed by atoms with Crippen LogP contribution in [0.5, 0.6) is 0 Å². The fourth-order valence-electron chi connectivity index (χ4n) is 4.75. The van der Waals surface area contributed by atoms with E-state index in [1.54, 1.807) is 13.8 Å². The van der Waals surface area contributed by atoms with Crippen molar-refractivity contribution < 1.29 is 25.2 Å². The maximum Gasteiger partial charge on any atom is 0.328 e. The molecule has 1 aliphatic heterocycles. The first-order valence-electron chi connectivity index (χ1n) is 12.3. The zero-order valence-electron chi connectivity index (χ0n) is 20.6. The van der Waals surface area contributed by atoms with Crippen molar-refractivity contribution in [3.8, 4) is 0 Å². The normalized spacial score (nSPS) is 29.2. The number of tetrazole rings is 1. The third kappa shape index (κ3) is 7.48. The van der Waals surface area contributed by atoms with Gasteiger partial charge in [0.25, 0.3) is 0 Å². The minimum atomic E-state index is -1.53. The predicted octanol–water partition coefficient (Wildman–Crippen LogP) is 0.916. The van der Waals surface area contributed by atoms with Crippen molar-refractivity contribution in [2.45, 2.75) is 83.9 Å². The Morgan fingerprint density at radius 3 is 2.79 bits per heavy atom. The molecular weight excluding hydrogens is 428 g/mol. The summed E-state index contributed by atoms with van der Waals surface area (Å²) in [6, 6.07) is -2.31. The summed E-state index contributed by atoms with van der Waals surface area (Å²) in [5, 5.41) is 19.7. The maximum absolute atomic E-state index is 12.9.